The molecule has 1 aromatic heterocycles. The molecule has 0 saturated carbocycles. The lowest BCUT2D eigenvalue weighted by molar-refractivity contribution is 0.548. The Balaban J connectivity index is 2.38. The number of hydrogen-bond acceptors (Lipinski definition) is 4. The number of aryl methyl sites for hydroxylation is 1. The minimum absolute atomic E-state index is 0.270. The minimum atomic E-state index is -0.270. The molecule has 90 valence electrons. The summed E-state index contributed by atoms with van der Waals surface area (Å²) >= 11 is 0. The fourth-order valence-corrected chi connectivity index (χ4v) is 1.68. The van der Waals surface area contributed by atoms with Gasteiger partial charge in [0.1, 0.15) is 0 Å². The van der Waals surface area contributed by atoms with Crippen molar-refractivity contribution in [2.24, 2.45) is 5.73 Å². The van der Waals surface area contributed by atoms with Crippen molar-refractivity contribution in [3.63, 3.8) is 0 Å². The molecule has 2 rings (SSSR count). The molecule has 0 aliphatic carbocycles. The Morgan fingerprint density at radius 2 is 1.82 bits per heavy atom. The fourth-order valence-electron chi connectivity index (χ4n) is 1.68. The molecule has 0 atom stereocenters. The Bertz CT molecular complexity index is 528. The van der Waals surface area contributed by atoms with Crippen LogP contribution in [-0.4, -0.2) is 22.3 Å². The molecule has 17 heavy (non-hydrogen) atoms. The van der Waals surface area contributed by atoms with Gasteiger partial charge in [-0.1, -0.05) is 24.3 Å². The number of nitrogens with two attached hydrogens (primary N) is 1. The third-order valence-corrected chi connectivity index (χ3v) is 2.58. The first kappa shape index (κ1) is 11.8. The van der Waals surface area contributed by atoms with E-state index in [0.717, 1.165) is 22.3 Å². The predicted octanol–water partition coefficient (Wildman–Crippen LogP) is 2.09. The van der Waals surface area contributed by atoms with Gasteiger partial charge in [-0.25, -0.2) is 0 Å². The van der Waals surface area contributed by atoms with E-state index in [-0.39, 0.29) is 5.54 Å². The van der Waals surface area contributed by atoms with Gasteiger partial charge < -0.3 is 11.1 Å². The quantitative estimate of drug-likeness (QED) is 0.847. The maximum absolute atomic E-state index is 5.95. The highest BCUT2D eigenvalue weighted by Gasteiger charge is 2.12. The van der Waals surface area contributed by atoms with E-state index >= 15 is 0 Å². The SMILES string of the molecule is Cc1nnc(NCC(C)(C)N)c2ccccc12. The summed E-state index contributed by atoms with van der Waals surface area (Å²) in [5.41, 5.74) is 6.62. The fraction of sp³-hybridized carbons (Fsp3) is 0.385. The normalized spacial score (nSPS) is 11.8. The van der Waals surface area contributed by atoms with Gasteiger partial charge in [0, 0.05) is 22.9 Å². The number of nitrogens with one attached hydrogen (secondary N) is 1. The largest absolute Gasteiger partial charge is 0.366 e. The summed E-state index contributed by atoms with van der Waals surface area (Å²) < 4.78 is 0. The standard InChI is InChI=1S/C13H18N4/c1-9-10-6-4-5-7-11(10)12(17-16-9)15-8-13(2,3)14/h4-7H,8,14H2,1-3H3,(H,15,17). The maximum atomic E-state index is 5.95. The molecule has 0 aliphatic heterocycles. The van der Waals surface area contributed by atoms with Crippen LogP contribution < -0.4 is 11.1 Å². The Morgan fingerprint density at radius 1 is 1.18 bits per heavy atom. The molecule has 1 aromatic carbocycles. The molecule has 3 N–H and O–H groups in total. The van der Waals surface area contributed by atoms with E-state index in [0.29, 0.717) is 6.54 Å². The second-order valence-electron chi connectivity index (χ2n) is 5.02. The molecule has 0 fully saturated rings. The summed E-state index contributed by atoms with van der Waals surface area (Å²) in [6, 6.07) is 8.11. The lowest BCUT2D eigenvalue weighted by Gasteiger charge is -2.19. The van der Waals surface area contributed by atoms with Gasteiger partial charge in [-0.3, -0.25) is 0 Å². The van der Waals surface area contributed by atoms with Crippen LogP contribution in [0.15, 0.2) is 24.3 Å². The van der Waals surface area contributed by atoms with E-state index in [4.69, 9.17) is 5.73 Å². The van der Waals surface area contributed by atoms with E-state index in [1.54, 1.807) is 0 Å². The van der Waals surface area contributed by atoms with E-state index < -0.39 is 0 Å². The number of rotatable bonds is 3. The van der Waals surface area contributed by atoms with E-state index in [2.05, 4.69) is 21.6 Å². The maximum Gasteiger partial charge on any atom is 0.156 e. The van der Waals surface area contributed by atoms with Crippen molar-refractivity contribution in [2.75, 3.05) is 11.9 Å². The zero-order valence-corrected chi connectivity index (χ0v) is 10.5. The number of fused-ring (bicyclic) bond motifs is 1. The summed E-state index contributed by atoms with van der Waals surface area (Å²) in [5.74, 6) is 0.796. The average molecular weight is 230 g/mol. The smallest absolute Gasteiger partial charge is 0.156 e. The second-order valence-corrected chi connectivity index (χ2v) is 5.02. The van der Waals surface area contributed by atoms with Gasteiger partial charge in [0.15, 0.2) is 5.82 Å². The molecule has 4 nitrogen and oxygen atoms in total. The van der Waals surface area contributed by atoms with Crippen LogP contribution in [0, 0.1) is 6.92 Å². The lowest BCUT2D eigenvalue weighted by atomic mass is 10.1. The second kappa shape index (κ2) is 4.30. The Hall–Kier alpha value is -1.68. The van der Waals surface area contributed by atoms with Crippen LogP contribution in [-0.2, 0) is 0 Å². The monoisotopic (exact) mass is 230 g/mol. The van der Waals surface area contributed by atoms with Crippen LogP contribution in [0.5, 0.6) is 0 Å². The summed E-state index contributed by atoms with van der Waals surface area (Å²) in [4.78, 5) is 0. The number of anilines is 1. The van der Waals surface area contributed by atoms with Crippen molar-refractivity contribution >= 4 is 16.6 Å². The van der Waals surface area contributed by atoms with Crippen LogP contribution in [0.25, 0.3) is 10.8 Å². The molecule has 0 amide bonds. The highest BCUT2D eigenvalue weighted by molar-refractivity contribution is 5.92. The van der Waals surface area contributed by atoms with Gasteiger partial charge >= 0.3 is 0 Å². The van der Waals surface area contributed by atoms with Crippen LogP contribution in [0.1, 0.15) is 19.5 Å². The predicted molar refractivity (Wildman–Crippen MR) is 71.0 cm³/mol. The van der Waals surface area contributed by atoms with E-state index in [1.165, 1.54) is 0 Å². The molecule has 0 saturated heterocycles. The third kappa shape index (κ3) is 2.71. The summed E-state index contributed by atoms with van der Waals surface area (Å²) in [6.45, 7) is 6.58. The van der Waals surface area contributed by atoms with Gasteiger partial charge in [-0.05, 0) is 20.8 Å². The first-order valence-corrected chi connectivity index (χ1v) is 5.72. The number of nitrogens with zero attached hydrogens (tertiary/aromatic N) is 2. The van der Waals surface area contributed by atoms with Crippen LogP contribution in [0.2, 0.25) is 0 Å². The van der Waals surface area contributed by atoms with Crippen molar-refractivity contribution in [1.29, 1.82) is 0 Å². The van der Waals surface area contributed by atoms with E-state index in [9.17, 15) is 0 Å². The van der Waals surface area contributed by atoms with Crippen molar-refractivity contribution in [3.05, 3.63) is 30.0 Å². The Labute approximate surface area is 101 Å². The first-order valence-electron chi connectivity index (χ1n) is 5.72. The van der Waals surface area contributed by atoms with Gasteiger partial charge in [0.05, 0.1) is 5.69 Å². The third-order valence-electron chi connectivity index (χ3n) is 2.58. The highest BCUT2D eigenvalue weighted by atomic mass is 15.2. The van der Waals surface area contributed by atoms with Gasteiger partial charge in [-0.2, -0.15) is 5.10 Å². The summed E-state index contributed by atoms with van der Waals surface area (Å²) in [5, 5.41) is 13.8. The molecule has 0 aliphatic rings. The molecular weight excluding hydrogens is 212 g/mol. The molecule has 0 unspecified atom stereocenters. The van der Waals surface area contributed by atoms with Crippen molar-refractivity contribution in [2.45, 2.75) is 26.3 Å². The van der Waals surface area contributed by atoms with Crippen LogP contribution >= 0.6 is 0 Å². The molecule has 1 heterocycles. The molecule has 0 spiro atoms. The zero-order chi connectivity index (χ0) is 12.5. The van der Waals surface area contributed by atoms with Crippen molar-refractivity contribution in [1.82, 2.24) is 10.2 Å². The number of hydrogen-bond donors (Lipinski definition) is 2. The molecule has 0 bridgehead atoms. The van der Waals surface area contributed by atoms with Crippen molar-refractivity contribution in [3.8, 4) is 0 Å². The molecule has 2 aromatic rings. The first-order chi connectivity index (χ1) is 7.97. The minimum Gasteiger partial charge on any atom is -0.366 e. The number of benzene rings is 1. The molecular formula is C13H18N4. The van der Waals surface area contributed by atoms with Crippen molar-refractivity contribution < 1.29 is 0 Å². The Morgan fingerprint density at radius 3 is 2.47 bits per heavy atom. The average Bonchev–Trinajstić information content (AvgIpc) is 2.27. The van der Waals surface area contributed by atoms with Gasteiger partial charge in [-0.15, -0.1) is 5.10 Å². The Kier molecular flexibility index (Phi) is 2.98. The van der Waals surface area contributed by atoms with Gasteiger partial charge in [0.2, 0.25) is 0 Å². The number of aromatic nitrogens is 2. The molecule has 4 heteroatoms. The summed E-state index contributed by atoms with van der Waals surface area (Å²) in [6.07, 6.45) is 0. The van der Waals surface area contributed by atoms with Crippen LogP contribution in [0.3, 0.4) is 0 Å². The highest BCUT2D eigenvalue weighted by Crippen LogP contribution is 2.22. The summed E-state index contributed by atoms with van der Waals surface area (Å²) in [7, 11) is 0. The van der Waals surface area contributed by atoms with Gasteiger partial charge in [0.25, 0.3) is 0 Å². The van der Waals surface area contributed by atoms with E-state index in [1.807, 2.05) is 39.0 Å². The zero-order valence-electron chi connectivity index (χ0n) is 10.5. The van der Waals surface area contributed by atoms with Crippen LogP contribution in [0.4, 0.5) is 5.82 Å². The topological polar surface area (TPSA) is 63.8 Å². The molecule has 0 radical (unpaired) electrons. The lowest BCUT2D eigenvalue weighted by Crippen LogP contribution is -2.39.